The van der Waals surface area contributed by atoms with Crippen LogP contribution >= 0.6 is 11.3 Å². The van der Waals surface area contributed by atoms with Crippen molar-refractivity contribution in [1.82, 2.24) is 4.98 Å². The summed E-state index contributed by atoms with van der Waals surface area (Å²) in [7, 11) is 0. The zero-order valence-electron chi connectivity index (χ0n) is 11.9. The van der Waals surface area contributed by atoms with Crippen molar-refractivity contribution in [3.63, 3.8) is 0 Å². The summed E-state index contributed by atoms with van der Waals surface area (Å²) in [6.45, 7) is 3.85. The molecule has 1 amide bonds. The van der Waals surface area contributed by atoms with Crippen molar-refractivity contribution in [1.29, 1.82) is 0 Å². The van der Waals surface area contributed by atoms with Gasteiger partial charge in [0.1, 0.15) is 5.69 Å². The average molecular weight is 300 g/mol. The minimum absolute atomic E-state index is 0.0627. The monoisotopic (exact) mass is 300 g/mol. The number of benzene rings is 1. The highest BCUT2D eigenvalue weighted by Crippen LogP contribution is 2.18. The van der Waals surface area contributed by atoms with E-state index in [-0.39, 0.29) is 12.5 Å². The van der Waals surface area contributed by atoms with Crippen LogP contribution in [-0.2, 0) is 0 Å². The van der Waals surface area contributed by atoms with Crippen molar-refractivity contribution in [2.75, 3.05) is 11.9 Å². The molecule has 2 rings (SSSR count). The molecule has 0 aliphatic heterocycles. The lowest BCUT2D eigenvalue weighted by Gasteiger charge is -2.07. The zero-order chi connectivity index (χ0) is 15.2. The third-order valence-electron chi connectivity index (χ3n) is 2.80. The van der Waals surface area contributed by atoms with Crippen LogP contribution in [0.3, 0.4) is 0 Å². The van der Waals surface area contributed by atoms with E-state index >= 15 is 0 Å². The summed E-state index contributed by atoms with van der Waals surface area (Å²) in [6.07, 6.45) is 0.459. The lowest BCUT2D eigenvalue weighted by atomic mass is 10.1. The first-order chi connectivity index (χ1) is 10.1. The summed E-state index contributed by atoms with van der Waals surface area (Å²) in [6, 6.07) is 5.58. The van der Waals surface area contributed by atoms with Crippen LogP contribution in [-0.4, -0.2) is 22.6 Å². The highest BCUT2D eigenvalue weighted by Gasteiger charge is 2.10. The molecular formula is C16H16N2O2S. The third kappa shape index (κ3) is 4.15. The summed E-state index contributed by atoms with van der Waals surface area (Å²) in [4.78, 5) is 16.2. The maximum atomic E-state index is 12.1. The molecule has 0 atom stereocenters. The Morgan fingerprint density at radius 1 is 1.43 bits per heavy atom. The fourth-order valence-corrected chi connectivity index (χ4v) is 2.35. The molecule has 108 valence electrons. The van der Waals surface area contributed by atoms with Crippen molar-refractivity contribution >= 4 is 22.9 Å². The van der Waals surface area contributed by atoms with Gasteiger partial charge in [-0.1, -0.05) is 11.8 Å². The fourth-order valence-electron chi connectivity index (χ4n) is 1.76. The molecule has 21 heavy (non-hydrogen) atoms. The van der Waals surface area contributed by atoms with E-state index in [4.69, 9.17) is 5.11 Å². The van der Waals surface area contributed by atoms with E-state index < -0.39 is 0 Å². The SMILES string of the molecule is Cc1nc(C(=O)Nc2ccc(C#CCCO)cc2C)cs1. The van der Waals surface area contributed by atoms with Crippen LogP contribution in [0, 0.1) is 25.7 Å². The van der Waals surface area contributed by atoms with Gasteiger partial charge in [-0.2, -0.15) is 0 Å². The normalized spacial score (nSPS) is 9.86. The Kier molecular flexibility index (Phi) is 5.09. The number of nitrogens with zero attached hydrogens (tertiary/aromatic N) is 1. The van der Waals surface area contributed by atoms with Crippen LogP contribution in [0.2, 0.25) is 0 Å². The maximum absolute atomic E-state index is 12.1. The Morgan fingerprint density at radius 2 is 2.24 bits per heavy atom. The summed E-state index contributed by atoms with van der Waals surface area (Å²) in [5.74, 6) is 5.63. The molecule has 0 saturated carbocycles. The molecule has 2 aromatic rings. The lowest BCUT2D eigenvalue weighted by molar-refractivity contribution is 0.102. The smallest absolute Gasteiger partial charge is 0.275 e. The van der Waals surface area contributed by atoms with Crippen molar-refractivity contribution in [2.24, 2.45) is 0 Å². The van der Waals surface area contributed by atoms with Crippen LogP contribution < -0.4 is 5.32 Å². The maximum Gasteiger partial charge on any atom is 0.275 e. The number of rotatable bonds is 3. The van der Waals surface area contributed by atoms with E-state index in [1.54, 1.807) is 5.38 Å². The van der Waals surface area contributed by atoms with E-state index in [1.807, 2.05) is 32.0 Å². The molecular weight excluding hydrogens is 284 g/mol. The zero-order valence-corrected chi connectivity index (χ0v) is 12.8. The number of aryl methyl sites for hydroxylation is 2. The standard InChI is InChI=1S/C16H16N2O2S/c1-11-9-13(5-3-4-8-19)6-7-14(11)18-16(20)15-10-21-12(2)17-15/h6-7,9-10,19H,4,8H2,1-2H3,(H,18,20). The van der Waals surface area contributed by atoms with Gasteiger partial charge in [0.2, 0.25) is 0 Å². The number of aliphatic hydroxyl groups is 1. The van der Waals surface area contributed by atoms with Crippen LogP contribution in [0.4, 0.5) is 5.69 Å². The Bertz CT molecular complexity index is 711. The Morgan fingerprint density at radius 3 is 2.86 bits per heavy atom. The molecule has 1 aromatic carbocycles. The van der Waals surface area contributed by atoms with Gasteiger partial charge in [0.25, 0.3) is 5.91 Å². The Hall–Kier alpha value is -2.16. The fraction of sp³-hybridized carbons (Fsp3) is 0.250. The molecule has 0 saturated heterocycles. The van der Waals surface area contributed by atoms with E-state index in [0.717, 1.165) is 21.8 Å². The van der Waals surface area contributed by atoms with Crippen LogP contribution in [0.5, 0.6) is 0 Å². The highest BCUT2D eigenvalue weighted by molar-refractivity contribution is 7.09. The molecule has 1 heterocycles. The molecule has 0 radical (unpaired) electrons. The van der Waals surface area contributed by atoms with Gasteiger partial charge in [-0.25, -0.2) is 4.98 Å². The van der Waals surface area contributed by atoms with E-state index in [9.17, 15) is 4.79 Å². The first kappa shape index (κ1) is 15.2. The van der Waals surface area contributed by atoms with Gasteiger partial charge in [-0.3, -0.25) is 4.79 Å². The number of anilines is 1. The minimum Gasteiger partial charge on any atom is -0.395 e. The van der Waals surface area contributed by atoms with Gasteiger partial charge in [0, 0.05) is 23.1 Å². The van der Waals surface area contributed by atoms with Gasteiger partial charge in [-0.15, -0.1) is 11.3 Å². The first-order valence-corrected chi connectivity index (χ1v) is 7.42. The topological polar surface area (TPSA) is 62.2 Å². The molecule has 0 aliphatic carbocycles. The van der Waals surface area contributed by atoms with Gasteiger partial charge in [0.05, 0.1) is 11.6 Å². The number of carbonyl (C=O) groups is 1. The quantitative estimate of drug-likeness (QED) is 0.857. The number of hydrogen-bond donors (Lipinski definition) is 2. The second kappa shape index (κ2) is 7.02. The van der Waals surface area contributed by atoms with Crippen molar-refractivity contribution in [3.8, 4) is 11.8 Å². The van der Waals surface area contributed by atoms with Gasteiger partial charge in [0.15, 0.2) is 0 Å². The van der Waals surface area contributed by atoms with E-state index in [0.29, 0.717) is 12.1 Å². The van der Waals surface area contributed by atoms with Gasteiger partial charge >= 0.3 is 0 Å². The number of amides is 1. The lowest BCUT2D eigenvalue weighted by Crippen LogP contribution is -2.13. The van der Waals surface area contributed by atoms with E-state index in [2.05, 4.69) is 22.1 Å². The molecule has 0 fully saturated rings. The van der Waals surface area contributed by atoms with Crippen LogP contribution in [0.25, 0.3) is 0 Å². The average Bonchev–Trinajstić information content (AvgIpc) is 2.89. The van der Waals surface area contributed by atoms with Crippen molar-refractivity contribution in [3.05, 3.63) is 45.4 Å². The molecule has 0 spiro atoms. The summed E-state index contributed by atoms with van der Waals surface area (Å²) >= 11 is 1.45. The molecule has 2 N–H and O–H groups in total. The van der Waals surface area contributed by atoms with Crippen molar-refractivity contribution < 1.29 is 9.90 Å². The molecule has 5 heteroatoms. The predicted octanol–water partition coefficient (Wildman–Crippen LogP) is 2.75. The molecule has 0 aliphatic rings. The van der Waals surface area contributed by atoms with Crippen LogP contribution in [0.15, 0.2) is 23.6 Å². The Balaban J connectivity index is 2.11. The second-order valence-electron chi connectivity index (χ2n) is 4.51. The first-order valence-electron chi connectivity index (χ1n) is 6.54. The van der Waals surface area contributed by atoms with Crippen LogP contribution in [0.1, 0.15) is 33.0 Å². The molecule has 1 aromatic heterocycles. The minimum atomic E-state index is -0.207. The highest BCUT2D eigenvalue weighted by atomic mass is 32.1. The molecule has 0 bridgehead atoms. The van der Waals surface area contributed by atoms with Gasteiger partial charge in [-0.05, 0) is 37.6 Å². The van der Waals surface area contributed by atoms with Crippen molar-refractivity contribution in [2.45, 2.75) is 20.3 Å². The third-order valence-corrected chi connectivity index (χ3v) is 3.57. The van der Waals surface area contributed by atoms with Gasteiger partial charge < -0.3 is 10.4 Å². The molecule has 4 nitrogen and oxygen atoms in total. The number of aliphatic hydroxyl groups excluding tert-OH is 1. The predicted molar refractivity (Wildman–Crippen MR) is 84.6 cm³/mol. The second-order valence-corrected chi connectivity index (χ2v) is 5.57. The number of aromatic nitrogens is 1. The Labute approximate surface area is 127 Å². The number of hydrogen-bond acceptors (Lipinski definition) is 4. The number of nitrogens with one attached hydrogen (secondary N) is 1. The largest absolute Gasteiger partial charge is 0.395 e. The summed E-state index contributed by atoms with van der Waals surface area (Å²) in [5, 5.41) is 14.2. The number of carbonyl (C=O) groups excluding carboxylic acids is 1. The van der Waals surface area contributed by atoms with E-state index in [1.165, 1.54) is 11.3 Å². The number of thiazole rings is 1. The summed E-state index contributed by atoms with van der Waals surface area (Å²) < 4.78 is 0. The summed E-state index contributed by atoms with van der Waals surface area (Å²) in [5.41, 5.74) is 2.98. The molecule has 0 unspecified atom stereocenters.